The third-order valence-corrected chi connectivity index (χ3v) is 5.07. The number of hydrogen-bond acceptors (Lipinski definition) is 5. The molecule has 2 aliphatic heterocycles. The number of anilines is 1. The number of nitrogens with two attached hydrogens (primary N) is 1. The van der Waals surface area contributed by atoms with Crippen LogP contribution in [0, 0.1) is 0 Å². The number of benzene rings is 1. The van der Waals surface area contributed by atoms with Crippen molar-refractivity contribution in [3.63, 3.8) is 0 Å². The van der Waals surface area contributed by atoms with Gasteiger partial charge in [0.05, 0.1) is 33.0 Å². The zero-order chi connectivity index (χ0) is 17.1. The molecule has 0 spiro atoms. The summed E-state index contributed by atoms with van der Waals surface area (Å²) in [5, 5.41) is 3.16. The average molecular weight is 474 g/mol. The van der Waals surface area contributed by atoms with Crippen molar-refractivity contribution in [3.05, 3.63) is 18.2 Å². The minimum atomic E-state index is 0. The molecule has 0 atom stereocenters. The highest BCUT2D eigenvalue weighted by molar-refractivity contribution is 14.0. The van der Waals surface area contributed by atoms with E-state index in [9.17, 15) is 0 Å². The number of nitrogens with zero attached hydrogens (tertiary/aromatic N) is 2. The fourth-order valence-electron chi connectivity index (χ4n) is 3.42. The Morgan fingerprint density at radius 1 is 1.12 bits per heavy atom. The lowest BCUT2D eigenvalue weighted by atomic mass is 10.2. The Kier molecular flexibility index (Phi) is 6.46. The largest absolute Gasteiger partial charge is 0.490 e. The molecule has 1 aromatic rings. The molecule has 2 heterocycles. The second-order valence-corrected chi connectivity index (χ2v) is 6.86. The molecule has 3 N–H and O–H groups in total. The van der Waals surface area contributed by atoms with Crippen LogP contribution in [-0.2, 0) is 4.74 Å². The first-order valence-corrected chi connectivity index (χ1v) is 9.05. The molecular formula is C18H27IN4O3. The molecule has 0 amide bonds. The standard InChI is InChI=1S/C18H26N4O3.HI/c19-17(20-13-18(4-5-18)22-6-10-23-11-7-22)21-14-2-3-15-16(12-14)25-9-1-8-24-15;/h2-3,12H,1,4-11,13H2,(H3,19,20,21);1H. The van der Waals surface area contributed by atoms with Crippen molar-refractivity contribution in [2.45, 2.75) is 24.8 Å². The van der Waals surface area contributed by atoms with Gasteiger partial charge in [0.2, 0.25) is 0 Å². The number of halogens is 1. The zero-order valence-corrected chi connectivity index (χ0v) is 17.2. The van der Waals surface area contributed by atoms with Crippen molar-refractivity contribution in [2.24, 2.45) is 10.7 Å². The van der Waals surface area contributed by atoms with Crippen molar-refractivity contribution in [1.29, 1.82) is 0 Å². The van der Waals surface area contributed by atoms with E-state index in [0.29, 0.717) is 19.2 Å². The van der Waals surface area contributed by atoms with Crippen LogP contribution < -0.4 is 20.5 Å². The molecule has 0 radical (unpaired) electrons. The van der Waals surface area contributed by atoms with E-state index in [-0.39, 0.29) is 29.5 Å². The highest BCUT2D eigenvalue weighted by Crippen LogP contribution is 2.42. The Morgan fingerprint density at radius 2 is 1.85 bits per heavy atom. The maximum atomic E-state index is 6.10. The van der Waals surface area contributed by atoms with Crippen molar-refractivity contribution < 1.29 is 14.2 Å². The molecule has 1 aromatic carbocycles. The Balaban J connectivity index is 0.00000196. The predicted molar refractivity (Wildman–Crippen MR) is 112 cm³/mol. The van der Waals surface area contributed by atoms with Gasteiger partial charge in [-0.2, -0.15) is 0 Å². The molecule has 2 fully saturated rings. The van der Waals surface area contributed by atoms with E-state index in [2.05, 4.69) is 15.2 Å². The first-order chi connectivity index (χ1) is 12.3. The summed E-state index contributed by atoms with van der Waals surface area (Å²) in [5.41, 5.74) is 7.16. The maximum Gasteiger partial charge on any atom is 0.193 e. The molecule has 8 heteroatoms. The minimum Gasteiger partial charge on any atom is -0.490 e. The highest BCUT2D eigenvalue weighted by Gasteiger charge is 2.48. The Labute approximate surface area is 171 Å². The SMILES string of the molecule is I.NC(=NCC1(N2CCOCC2)CC1)Nc1ccc2c(c1)OCCCO2. The van der Waals surface area contributed by atoms with E-state index in [1.807, 2.05) is 18.2 Å². The van der Waals surface area contributed by atoms with Gasteiger partial charge >= 0.3 is 0 Å². The summed E-state index contributed by atoms with van der Waals surface area (Å²) in [4.78, 5) is 7.09. The molecule has 4 rings (SSSR count). The van der Waals surface area contributed by atoms with E-state index in [1.54, 1.807) is 0 Å². The quantitative estimate of drug-likeness (QED) is 0.395. The lowest BCUT2D eigenvalue weighted by molar-refractivity contribution is 0.0117. The van der Waals surface area contributed by atoms with Gasteiger partial charge in [-0.25, -0.2) is 0 Å². The van der Waals surface area contributed by atoms with E-state index in [1.165, 1.54) is 12.8 Å². The summed E-state index contributed by atoms with van der Waals surface area (Å²) < 4.78 is 16.8. The Morgan fingerprint density at radius 3 is 2.58 bits per heavy atom. The number of rotatable bonds is 4. The van der Waals surface area contributed by atoms with Gasteiger partial charge in [0, 0.05) is 36.8 Å². The average Bonchev–Trinajstić information content (AvgIpc) is 3.45. The van der Waals surface area contributed by atoms with Gasteiger partial charge in [-0.15, -0.1) is 24.0 Å². The van der Waals surface area contributed by atoms with Gasteiger partial charge in [-0.05, 0) is 25.0 Å². The molecular weight excluding hydrogens is 447 g/mol. The number of hydrogen-bond donors (Lipinski definition) is 2. The number of aliphatic imine (C=N–C) groups is 1. The maximum absolute atomic E-state index is 6.10. The molecule has 3 aliphatic rings. The second-order valence-electron chi connectivity index (χ2n) is 6.86. The number of morpholine rings is 1. The van der Waals surface area contributed by atoms with Crippen LogP contribution in [0.3, 0.4) is 0 Å². The smallest absolute Gasteiger partial charge is 0.193 e. The summed E-state index contributed by atoms with van der Waals surface area (Å²) in [7, 11) is 0. The number of fused-ring (bicyclic) bond motifs is 1. The van der Waals surface area contributed by atoms with E-state index in [0.717, 1.165) is 56.5 Å². The van der Waals surface area contributed by atoms with Crippen LogP contribution in [0.2, 0.25) is 0 Å². The first kappa shape index (κ1) is 19.5. The molecule has 1 saturated heterocycles. The molecule has 1 aliphatic carbocycles. The molecule has 1 saturated carbocycles. The monoisotopic (exact) mass is 474 g/mol. The number of guanidine groups is 1. The summed E-state index contributed by atoms with van der Waals surface area (Å²) in [6.07, 6.45) is 3.27. The van der Waals surface area contributed by atoms with Gasteiger partial charge in [0.1, 0.15) is 0 Å². The second kappa shape index (κ2) is 8.62. The van der Waals surface area contributed by atoms with Gasteiger partial charge < -0.3 is 25.3 Å². The topological polar surface area (TPSA) is 81.3 Å². The van der Waals surface area contributed by atoms with Crippen LogP contribution in [0.5, 0.6) is 11.5 Å². The van der Waals surface area contributed by atoms with Crippen LogP contribution in [0.15, 0.2) is 23.2 Å². The van der Waals surface area contributed by atoms with Crippen LogP contribution >= 0.6 is 24.0 Å². The molecule has 0 bridgehead atoms. The van der Waals surface area contributed by atoms with Crippen LogP contribution in [0.1, 0.15) is 19.3 Å². The third-order valence-electron chi connectivity index (χ3n) is 5.07. The number of ether oxygens (including phenoxy) is 3. The Hall–Kier alpha value is -1.26. The molecule has 7 nitrogen and oxygen atoms in total. The third kappa shape index (κ3) is 4.52. The lowest BCUT2D eigenvalue weighted by Gasteiger charge is -2.34. The van der Waals surface area contributed by atoms with E-state index < -0.39 is 0 Å². The van der Waals surface area contributed by atoms with Crippen LogP contribution in [0.25, 0.3) is 0 Å². The zero-order valence-electron chi connectivity index (χ0n) is 14.9. The van der Waals surface area contributed by atoms with Crippen molar-refractivity contribution in [2.75, 3.05) is 51.4 Å². The van der Waals surface area contributed by atoms with Gasteiger partial charge in [0.15, 0.2) is 17.5 Å². The summed E-state index contributed by atoms with van der Waals surface area (Å²) in [6, 6.07) is 5.76. The lowest BCUT2D eigenvalue weighted by Crippen LogP contribution is -2.47. The Bertz CT molecular complexity index is 645. The van der Waals surface area contributed by atoms with Crippen molar-refractivity contribution in [3.8, 4) is 11.5 Å². The molecule has 26 heavy (non-hydrogen) atoms. The molecule has 144 valence electrons. The fraction of sp³-hybridized carbons (Fsp3) is 0.611. The first-order valence-electron chi connectivity index (χ1n) is 9.05. The number of nitrogens with one attached hydrogen (secondary N) is 1. The van der Waals surface area contributed by atoms with Crippen molar-refractivity contribution in [1.82, 2.24) is 4.90 Å². The predicted octanol–water partition coefficient (Wildman–Crippen LogP) is 2.06. The normalized spacial score (nSPS) is 22.1. The van der Waals surface area contributed by atoms with E-state index in [4.69, 9.17) is 19.9 Å². The highest BCUT2D eigenvalue weighted by atomic mass is 127. The van der Waals surface area contributed by atoms with Crippen molar-refractivity contribution >= 4 is 35.6 Å². The summed E-state index contributed by atoms with van der Waals surface area (Å²) in [6.45, 7) is 5.70. The van der Waals surface area contributed by atoms with Crippen LogP contribution in [0.4, 0.5) is 5.69 Å². The van der Waals surface area contributed by atoms with Gasteiger partial charge in [0.25, 0.3) is 0 Å². The minimum absolute atomic E-state index is 0. The van der Waals surface area contributed by atoms with Gasteiger partial charge in [-0.1, -0.05) is 0 Å². The van der Waals surface area contributed by atoms with Crippen LogP contribution in [-0.4, -0.2) is 62.5 Å². The molecule has 0 aromatic heterocycles. The van der Waals surface area contributed by atoms with Gasteiger partial charge in [-0.3, -0.25) is 9.89 Å². The van der Waals surface area contributed by atoms with E-state index >= 15 is 0 Å². The summed E-state index contributed by atoms with van der Waals surface area (Å²) in [5.74, 6) is 1.97. The fourth-order valence-corrected chi connectivity index (χ4v) is 3.42. The summed E-state index contributed by atoms with van der Waals surface area (Å²) >= 11 is 0. The molecule has 0 unspecified atom stereocenters.